The number of ether oxygens (including phenoxy) is 1. The van der Waals surface area contributed by atoms with Gasteiger partial charge in [-0.25, -0.2) is 4.98 Å². The van der Waals surface area contributed by atoms with E-state index < -0.39 is 11.9 Å². The van der Waals surface area contributed by atoms with Gasteiger partial charge in [-0.1, -0.05) is 76.8 Å². The molecule has 1 amide bonds. The smallest absolute Gasteiger partial charge is 0.309 e. The van der Waals surface area contributed by atoms with Crippen molar-refractivity contribution in [1.82, 2.24) is 14.5 Å². The zero-order valence-corrected chi connectivity index (χ0v) is 23.8. The highest BCUT2D eigenvalue weighted by atomic mass is 16.5. The number of benzene rings is 2. The average Bonchev–Trinajstić information content (AvgIpc) is 2.97. The Labute approximate surface area is 236 Å². The standard InChI is InChI=1S/C32H41N3O5/c1-4-7-8-9-13-20-34(31(37)26-16-18-27(19-17-26)40-22-24(5-2)32(38)39)23-35-29(6-3)33-28(21-30(35)36)25-14-11-10-12-15-25/h10-12,14-19,21,24H,4-9,13,20,22-23H2,1-3H3,(H,38,39). The average molecular weight is 548 g/mol. The molecule has 1 aromatic heterocycles. The number of hydrogen-bond donors (Lipinski definition) is 1. The normalized spacial score (nSPS) is 11.7. The monoisotopic (exact) mass is 547 g/mol. The lowest BCUT2D eigenvalue weighted by Crippen LogP contribution is -2.39. The van der Waals surface area contributed by atoms with E-state index in [9.17, 15) is 19.5 Å². The molecule has 0 fully saturated rings. The third-order valence-electron chi connectivity index (χ3n) is 7.00. The maximum atomic E-state index is 13.7. The van der Waals surface area contributed by atoms with Crippen LogP contribution in [-0.4, -0.2) is 44.6 Å². The van der Waals surface area contributed by atoms with Gasteiger partial charge in [0.2, 0.25) is 0 Å². The molecule has 0 radical (unpaired) electrons. The second kappa shape index (κ2) is 15.6. The first-order valence-electron chi connectivity index (χ1n) is 14.3. The topological polar surface area (TPSA) is 102 Å². The van der Waals surface area contributed by atoms with Crippen LogP contribution in [0.15, 0.2) is 65.5 Å². The Kier molecular flexibility index (Phi) is 11.9. The highest BCUT2D eigenvalue weighted by Crippen LogP contribution is 2.18. The number of carboxylic acids is 1. The number of hydrogen-bond acceptors (Lipinski definition) is 5. The van der Waals surface area contributed by atoms with Crippen molar-refractivity contribution in [2.45, 2.75) is 72.4 Å². The molecule has 3 rings (SSSR count). The largest absolute Gasteiger partial charge is 0.493 e. The van der Waals surface area contributed by atoms with Crippen LogP contribution in [-0.2, 0) is 17.9 Å². The Hall–Kier alpha value is -3.94. The summed E-state index contributed by atoms with van der Waals surface area (Å²) < 4.78 is 7.24. The zero-order chi connectivity index (χ0) is 28.9. The molecule has 1 atom stereocenters. The summed E-state index contributed by atoms with van der Waals surface area (Å²) in [7, 11) is 0. The van der Waals surface area contributed by atoms with Crippen molar-refractivity contribution in [3.8, 4) is 17.0 Å². The number of carbonyl (C=O) groups is 2. The Morgan fingerprint density at radius 3 is 2.30 bits per heavy atom. The molecule has 1 heterocycles. The molecule has 0 aliphatic heterocycles. The Balaban J connectivity index is 1.82. The highest BCUT2D eigenvalue weighted by Gasteiger charge is 2.20. The molecule has 40 heavy (non-hydrogen) atoms. The van der Waals surface area contributed by atoms with Crippen molar-refractivity contribution in [2.75, 3.05) is 13.2 Å². The Morgan fingerprint density at radius 1 is 0.975 bits per heavy atom. The molecule has 0 aliphatic carbocycles. The van der Waals surface area contributed by atoms with Gasteiger partial charge >= 0.3 is 5.97 Å². The van der Waals surface area contributed by atoms with Crippen molar-refractivity contribution >= 4 is 11.9 Å². The molecule has 8 nitrogen and oxygen atoms in total. The quantitative estimate of drug-likeness (QED) is 0.220. The Bertz CT molecular complexity index is 1290. The second-order valence-electron chi connectivity index (χ2n) is 9.95. The second-order valence-corrected chi connectivity index (χ2v) is 9.95. The molecule has 2 aromatic carbocycles. The third kappa shape index (κ3) is 8.53. The van der Waals surface area contributed by atoms with Gasteiger partial charge in [0.05, 0.1) is 11.6 Å². The number of carboxylic acid groups (broad SMARTS) is 1. The van der Waals surface area contributed by atoms with Crippen LogP contribution < -0.4 is 10.3 Å². The molecule has 214 valence electrons. The van der Waals surface area contributed by atoms with Crippen molar-refractivity contribution in [3.63, 3.8) is 0 Å². The van der Waals surface area contributed by atoms with Crippen molar-refractivity contribution in [3.05, 3.63) is 82.4 Å². The zero-order valence-electron chi connectivity index (χ0n) is 23.8. The van der Waals surface area contributed by atoms with E-state index in [0.717, 1.165) is 37.7 Å². The van der Waals surface area contributed by atoms with E-state index in [0.29, 0.717) is 42.2 Å². The summed E-state index contributed by atoms with van der Waals surface area (Å²) in [5.74, 6) is -0.523. The minimum absolute atomic E-state index is 0.0672. The van der Waals surface area contributed by atoms with Gasteiger partial charge in [0.15, 0.2) is 0 Å². The molecule has 0 saturated carbocycles. The molecule has 0 saturated heterocycles. The van der Waals surface area contributed by atoms with Gasteiger partial charge in [-0.3, -0.25) is 19.0 Å². The number of amides is 1. The summed E-state index contributed by atoms with van der Waals surface area (Å²) in [5.41, 5.74) is 1.79. The summed E-state index contributed by atoms with van der Waals surface area (Å²) in [6.07, 6.45) is 6.26. The fourth-order valence-corrected chi connectivity index (χ4v) is 4.48. The van der Waals surface area contributed by atoms with Crippen LogP contribution in [0.3, 0.4) is 0 Å². The van der Waals surface area contributed by atoms with E-state index in [1.54, 1.807) is 40.7 Å². The van der Waals surface area contributed by atoms with E-state index in [1.165, 1.54) is 6.07 Å². The van der Waals surface area contributed by atoms with Gasteiger partial charge < -0.3 is 14.7 Å². The summed E-state index contributed by atoms with van der Waals surface area (Å²) in [5, 5.41) is 9.24. The summed E-state index contributed by atoms with van der Waals surface area (Å²) in [6, 6.07) is 17.9. The van der Waals surface area contributed by atoms with Gasteiger partial charge in [0.25, 0.3) is 11.5 Å². The number of rotatable bonds is 16. The first-order valence-corrected chi connectivity index (χ1v) is 14.3. The number of aliphatic carboxylic acids is 1. The summed E-state index contributed by atoms with van der Waals surface area (Å²) in [6.45, 7) is 6.63. The van der Waals surface area contributed by atoms with E-state index in [1.807, 2.05) is 37.3 Å². The number of unbranched alkanes of at least 4 members (excludes halogenated alkanes) is 4. The van der Waals surface area contributed by atoms with E-state index >= 15 is 0 Å². The fraction of sp³-hybridized carbons (Fsp3) is 0.438. The molecular formula is C32H41N3O5. The van der Waals surface area contributed by atoms with E-state index in [2.05, 4.69) is 6.92 Å². The van der Waals surface area contributed by atoms with Crippen LogP contribution in [0.2, 0.25) is 0 Å². The first-order chi connectivity index (χ1) is 19.4. The van der Waals surface area contributed by atoms with Crippen LogP contribution >= 0.6 is 0 Å². The molecule has 0 bridgehead atoms. The van der Waals surface area contributed by atoms with Crippen LogP contribution in [0, 0.1) is 5.92 Å². The highest BCUT2D eigenvalue weighted by molar-refractivity contribution is 5.94. The van der Waals surface area contributed by atoms with E-state index in [-0.39, 0.29) is 24.7 Å². The summed E-state index contributed by atoms with van der Waals surface area (Å²) in [4.78, 5) is 44.7. The predicted octanol–water partition coefficient (Wildman–Crippen LogP) is 6.03. The van der Waals surface area contributed by atoms with Gasteiger partial charge in [0.1, 0.15) is 24.8 Å². The SMILES string of the molecule is CCCCCCCN(Cn1c(CC)nc(-c2ccccc2)cc1=O)C(=O)c1ccc(OCC(CC)C(=O)O)cc1. The third-order valence-corrected chi connectivity index (χ3v) is 7.00. The number of aryl methyl sites for hydroxylation is 1. The number of nitrogens with zero attached hydrogens (tertiary/aromatic N) is 3. The van der Waals surface area contributed by atoms with Gasteiger partial charge in [-0.15, -0.1) is 0 Å². The van der Waals surface area contributed by atoms with Gasteiger partial charge in [0, 0.05) is 30.2 Å². The summed E-state index contributed by atoms with van der Waals surface area (Å²) >= 11 is 0. The molecule has 1 N–H and O–H groups in total. The maximum Gasteiger partial charge on any atom is 0.309 e. The Morgan fingerprint density at radius 2 is 1.68 bits per heavy atom. The lowest BCUT2D eigenvalue weighted by atomic mass is 10.1. The lowest BCUT2D eigenvalue weighted by Gasteiger charge is -2.25. The molecule has 3 aromatic rings. The first kappa shape index (κ1) is 30.6. The van der Waals surface area contributed by atoms with E-state index in [4.69, 9.17) is 9.72 Å². The minimum Gasteiger partial charge on any atom is -0.493 e. The number of carbonyl (C=O) groups excluding carboxylic acids is 1. The van der Waals surface area contributed by atoms with Crippen LogP contribution in [0.4, 0.5) is 0 Å². The fourth-order valence-electron chi connectivity index (χ4n) is 4.48. The van der Waals surface area contributed by atoms with Crippen LogP contribution in [0.5, 0.6) is 5.75 Å². The van der Waals surface area contributed by atoms with Crippen molar-refractivity contribution < 1.29 is 19.4 Å². The predicted molar refractivity (Wildman–Crippen MR) is 156 cm³/mol. The van der Waals surface area contributed by atoms with Crippen molar-refractivity contribution in [1.29, 1.82) is 0 Å². The van der Waals surface area contributed by atoms with Crippen LogP contribution in [0.25, 0.3) is 11.3 Å². The molecular weight excluding hydrogens is 506 g/mol. The molecule has 1 unspecified atom stereocenters. The molecule has 0 spiro atoms. The molecule has 0 aliphatic rings. The van der Waals surface area contributed by atoms with Gasteiger partial charge in [-0.05, 0) is 37.1 Å². The van der Waals surface area contributed by atoms with Crippen LogP contribution in [0.1, 0.15) is 75.5 Å². The number of aromatic nitrogens is 2. The van der Waals surface area contributed by atoms with Crippen molar-refractivity contribution in [2.24, 2.45) is 5.92 Å². The maximum absolute atomic E-state index is 13.7. The molecule has 8 heteroatoms. The van der Waals surface area contributed by atoms with Gasteiger partial charge in [-0.2, -0.15) is 0 Å². The minimum atomic E-state index is -0.892. The lowest BCUT2D eigenvalue weighted by molar-refractivity contribution is -0.142.